The Labute approximate surface area is 178 Å². The number of nitrogens with one attached hydrogen (secondary N) is 1. The summed E-state index contributed by atoms with van der Waals surface area (Å²) in [6.45, 7) is 8.48. The minimum atomic E-state index is -0.626. The number of nitrogens with zero attached hydrogens (tertiary/aromatic N) is 1. The maximum absolute atomic E-state index is 12.9. The van der Waals surface area contributed by atoms with Crippen molar-refractivity contribution in [2.75, 3.05) is 13.2 Å². The van der Waals surface area contributed by atoms with E-state index < -0.39 is 6.04 Å². The van der Waals surface area contributed by atoms with E-state index >= 15 is 0 Å². The second-order valence-electron chi connectivity index (χ2n) is 7.56. The third-order valence-corrected chi connectivity index (χ3v) is 4.75. The second-order valence-corrected chi connectivity index (χ2v) is 8.00. The fraction of sp³-hybridized carbons (Fsp3) is 0.391. The van der Waals surface area contributed by atoms with Gasteiger partial charge in [-0.25, -0.2) is 0 Å². The van der Waals surface area contributed by atoms with Crippen LogP contribution in [0.3, 0.4) is 0 Å². The summed E-state index contributed by atoms with van der Waals surface area (Å²) in [6.07, 6.45) is 0. The van der Waals surface area contributed by atoms with Crippen molar-refractivity contribution in [3.63, 3.8) is 0 Å². The van der Waals surface area contributed by atoms with E-state index in [4.69, 9.17) is 16.3 Å². The molecule has 0 radical (unpaired) electrons. The Morgan fingerprint density at radius 1 is 1.03 bits per heavy atom. The molecule has 0 aliphatic heterocycles. The van der Waals surface area contributed by atoms with Crippen molar-refractivity contribution < 1.29 is 14.3 Å². The number of halogens is 1. The highest BCUT2D eigenvalue weighted by molar-refractivity contribution is 6.30. The largest absolute Gasteiger partial charge is 0.484 e. The van der Waals surface area contributed by atoms with Crippen LogP contribution < -0.4 is 10.1 Å². The summed E-state index contributed by atoms with van der Waals surface area (Å²) in [5.41, 5.74) is 2.00. The molecule has 0 unspecified atom stereocenters. The summed E-state index contributed by atoms with van der Waals surface area (Å²) in [4.78, 5) is 27.1. The fourth-order valence-electron chi connectivity index (χ4n) is 2.68. The predicted octanol–water partition coefficient (Wildman–Crippen LogP) is 4.22. The summed E-state index contributed by atoms with van der Waals surface area (Å²) < 4.78 is 5.64. The van der Waals surface area contributed by atoms with Gasteiger partial charge in [0.15, 0.2) is 6.61 Å². The molecule has 5 nitrogen and oxygen atoms in total. The van der Waals surface area contributed by atoms with Crippen molar-refractivity contribution in [2.45, 2.75) is 40.3 Å². The first kappa shape index (κ1) is 22.8. The van der Waals surface area contributed by atoms with Gasteiger partial charge in [-0.2, -0.15) is 0 Å². The molecule has 2 amide bonds. The number of amides is 2. The summed E-state index contributed by atoms with van der Waals surface area (Å²) in [5.74, 6) is 0.507. The van der Waals surface area contributed by atoms with E-state index in [1.807, 2.05) is 57.2 Å². The van der Waals surface area contributed by atoms with Crippen LogP contribution in [0, 0.1) is 12.8 Å². The van der Waals surface area contributed by atoms with Gasteiger partial charge in [-0.3, -0.25) is 9.59 Å². The molecule has 2 aromatic carbocycles. The highest BCUT2D eigenvalue weighted by Crippen LogP contribution is 2.15. The minimum absolute atomic E-state index is 0.140. The molecule has 1 N–H and O–H groups in total. The summed E-state index contributed by atoms with van der Waals surface area (Å²) in [7, 11) is 0. The first-order valence-corrected chi connectivity index (χ1v) is 10.1. The molecule has 0 aromatic heterocycles. The van der Waals surface area contributed by atoms with Gasteiger partial charge in [0.2, 0.25) is 5.91 Å². The molecular formula is C23H29ClN2O3. The van der Waals surface area contributed by atoms with Crippen LogP contribution in [0.4, 0.5) is 0 Å². The van der Waals surface area contributed by atoms with E-state index in [2.05, 4.69) is 5.32 Å². The molecule has 0 aliphatic carbocycles. The van der Waals surface area contributed by atoms with Crippen LogP contribution in [0.1, 0.15) is 31.9 Å². The third-order valence-electron chi connectivity index (χ3n) is 4.50. The van der Waals surface area contributed by atoms with Crippen molar-refractivity contribution in [1.82, 2.24) is 10.2 Å². The minimum Gasteiger partial charge on any atom is -0.484 e. The van der Waals surface area contributed by atoms with Gasteiger partial charge in [-0.1, -0.05) is 55.3 Å². The Morgan fingerprint density at radius 3 is 2.24 bits per heavy atom. The molecule has 29 heavy (non-hydrogen) atoms. The van der Waals surface area contributed by atoms with Gasteiger partial charge >= 0.3 is 0 Å². The number of aryl methyl sites for hydroxylation is 1. The van der Waals surface area contributed by atoms with E-state index in [0.29, 0.717) is 29.8 Å². The summed E-state index contributed by atoms with van der Waals surface area (Å²) in [6, 6.07) is 14.1. The predicted molar refractivity (Wildman–Crippen MR) is 116 cm³/mol. The SMILES string of the molecule is Cc1ccc(OCC(=O)N(Cc2ccc(Cl)cc2)[C@H](C)C(=O)NCC(C)C)cc1. The normalized spacial score (nSPS) is 11.8. The maximum atomic E-state index is 12.9. The Hall–Kier alpha value is -2.53. The monoisotopic (exact) mass is 416 g/mol. The number of benzene rings is 2. The molecule has 156 valence electrons. The Balaban J connectivity index is 2.10. The Bertz CT molecular complexity index is 804. The number of carbonyl (C=O) groups excluding carboxylic acids is 2. The third kappa shape index (κ3) is 7.42. The highest BCUT2D eigenvalue weighted by Gasteiger charge is 2.26. The number of hydrogen-bond acceptors (Lipinski definition) is 3. The summed E-state index contributed by atoms with van der Waals surface area (Å²) in [5, 5.41) is 3.52. The zero-order chi connectivity index (χ0) is 21.4. The van der Waals surface area contributed by atoms with Gasteiger partial charge in [-0.05, 0) is 49.6 Å². The average Bonchev–Trinajstić information content (AvgIpc) is 2.70. The Morgan fingerprint density at radius 2 is 1.66 bits per heavy atom. The van der Waals surface area contributed by atoms with Crippen molar-refractivity contribution in [3.8, 4) is 5.75 Å². The number of ether oxygens (including phenoxy) is 1. The number of hydrogen-bond donors (Lipinski definition) is 1. The van der Waals surface area contributed by atoms with Gasteiger partial charge in [0.25, 0.3) is 5.91 Å². The van der Waals surface area contributed by atoms with Gasteiger partial charge in [0, 0.05) is 18.1 Å². The van der Waals surface area contributed by atoms with Crippen LogP contribution in [0.25, 0.3) is 0 Å². The van der Waals surface area contributed by atoms with Crippen molar-refractivity contribution >= 4 is 23.4 Å². The van der Waals surface area contributed by atoms with Crippen molar-refractivity contribution in [1.29, 1.82) is 0 Å². The Kier molecular flexibility index (Phi) is 8.52. The molecule has 0 spiro atoms. The van der Waals surface area contributed by atoms with E-state index in [1.54, 1.807) is 19.1 Å². The van der Waals surface area contributed by atoms with E-state index in [-0.39, 0.29) is 18.4 Å². The lowest BCUT2D eigenvalue weighted by Crippen LogP contribution is -2.49. The fourth-order valence-corrected chi connectivity index (χ4v) is 2.81. The van der Waals surface area contributed by atoms with Crippen LogP contribution in [-0.4, -0.2) is 35.9 Å². The van der Waals surface area contributed by atoms with Gasteiger partial charge in [-0.15, -0.1) is 0 Å². The lowest BCUT2D eigenvalue weighted by atomic mass is 10.1. The molecule has 0 heterocycles. The molecule has 0 saturated carbocycles. The smallest absolute Gasteiger partial charge is 0.261 e. The highest BCUT2D eigenvalue weighted by atomic mass is 35.5. The second kappa shape index (κ2) is 10.9. The zero-order valence-corrected chi connectivity index (χ0v) is 18.2. The lowest BCUT2D eigenvalue weighted by Gasteiger charge is -2.29. The lowest BCUT2D eigenvalue weighted by molar-refractivity contribution is -0.142. The molecule has 0 saturated heterocycles. The molecule has 0 bridgehead atoms. The van der Waals surface area contributed by atoms with Crippen LogP contribution in [0.2, 0.25) is 5.02 Å². The van der Waals surface area contributed by atoms with Crippen LogP contribution in [-0.2, 0) is 16.1 Å². The molecule has 1 atom stereocenters. The van der Waals surface area contributed by atoms with Gasteiger partial charge in [0.1, 0.15) is 11.8 Å². The molecule has 0 fully saturated rings. The van der Waals surface area contributed by atoms with Crippen LogP contribution in [0.15, 0.2) is 48.5 Å². The van der Waals surface area contributed by atoms with Crippen molar-refractivity contribution in [2.24, 2.45) is 5.92 Å². The molecular weight excluding hydrogens is 388 g/mol. The first-order chi connectivity index (χ1) is 13.8. The zero-order valence-electron chi connectivity index (χ0n) is 17.4. The molecule has 0 aliphatic rings. The van der Waals surface area contributed by atoms with Crippen molar-refractivity contribution in [3.05, 3.63) is 64.7 Å². The van der Waals surface area contributed by atoms with Crippen LogP contribution in [0.5, 0.6) is 5.75 Å². The number of rotatable bonds is 9. The first-order valence-electron chi connectivity index (χ1n) is 9.77. The molecule has 2 rings (SSSR count). The quantitative estimate of drug-likeness (QED) is 0.665. The standard InChI is InChI=1S/C23H29ClN2O3/c1-16(2)13-25-23(28)18(4)26(14-19-7-9-20(24)10-8-19)22(27)15-29-21-11-5-17(3)6-12-21/h5-12,16,18H,13-15H2,1-4H3,(H,25,28)/t18-/m1/s1. The van der Waals surface area contributed by atoms with E-state index in [9.17, 15) is 9.59 Å². The summed E-state index contributed by atoms with van der Waals surface area (Å²) >= 11 is 5.96. The van der Waals surface area contributed by atoms with Crippen LogP contribution >= 0.6 is 11.6 Å². The van der Waals surface area contributed by atoms with E-state index in [0.717, 1.165) is 11.1 Å². The maximum Gasteiger partial charge on any atom is 0.261 e. The topological polar surface area (TPSA) is 58.6 Å². The van der Waals surface area contributed by atoms with E-state index in [1.165, 1.54) is 4.90 Å². The molecule has 2 aromatic rings. The molecule has 6 heteroatoms. The van der Waals surface area contributed by atoms with Gasteiger partial charge in [0.05, 0.1) is 0 Å². The average molecular weight is 417 g/mol. The van der Waals surface area contributed by atoms with Gasteiger partial charge < -0.3 is 15.0 Å². The number of carbonyl (C=O) groups is 2.